The summed E-state index contributed by atoms with van der Waals surface area (Å²) in [4.78, 5) is 0. The molecule has 1 unspecified atom stereocenters. The largest absolute Gasteiger partial charge is 0 e. The molecule has 50 valence electrons. The monoisotopic (exact) mass is 214 g/mol. The van der Waals surface area contributed by atoms with Gasteiger partial charge in [0, 0.05) is 17.1 Å². The summed E-state index contributed by atoms with van der Waals surface area (Å²) < 4.78 is 24.5. The molecule has 0 bridgehead atoms. The van der Waals surface area contributed by atoms with Crippen LogP contribution in [-0.4, -0.2) is 19.4 Å². The molecule has 7 heavy (non-hydrogen) atoms. The quantitative estimate of drug-likeness (QED) is 0.469. The average molecular weight is 214 g/mol. The van der Waals surface area contributed by atoms with Gasteiger partial charge in [-0.3, -0.25) is 0 Å². The van der Waals surface area contributed by atoms with Crippen LogP contribution in [0.4, 0.5) is 0 Å². The van der Waals surface area contributed by atoms with Gasteiger partial charge in [-0.2, -0.15) is 0 Å². The fraction of sp³-hybridized carbons (Fsp3) is 1.00. The molecule has 0 saturated carbocycles. The molecular formula is CH9AsFeNO3-. The molecule has 0 rings (SSSR count). The van der Waals surface area contributed by atoms with E-state index in [-0.39, 0.29) is 30.6 Å². The van der Waals surface area contributed by atoms with Crippen LogP contribution in [0.25, 0.3) is 0 Å². The van der Waals surface area contributed by atoms with E-state index in [4.69, 9.17) is 11.9 Å². The summed E-state index contributed by atoms with van der Waals surface area (Å²) >= 11 is -3.83. The van der Waals surface area contributed by atoms with Crippen LogP contribution in [0, 0.1) is 0 Å². The van der Waals surface area contributed by atoms with E-state index in [0.29, 0.717) is 0 Å². The minimum Gasteiger partial charge on any atom is 0 e. The van der Waals surface area contributed by atoms with Gasteiger partial charge in [0.25, 0.3) is 0 Å². The van der Waals surface area contributed by atoms with Crippen LogP contribution >= 0.6 is 0 Å². The Morgan fingerprint density at radius 3 is 1.57 bits per heavy atom. The normalized spacial score (nSPS) is 8.86. The predicted molar refractivity (Wildman–Crippen MR) is 21.8 cm³/mol. The molecule has 0 aromatic carbocycles. The molecule has 0 aliphatic heterocycles. The van der Waals surface area contributed by atoms with Gasteiger partial charge in [0.1, 0.15) is 0 Å². The second kappa shape index (κ2) is 15.9. The van der Waals surface area contributed by atoms with Crippen LogP contribution in [0.3, 0.4) is 0 Å². The van der Waals surface area contributed by atoms with E-state index >= 15 is 0 Å². The SMILES string of the molecule is C.N.O=[AsH]([O-])O.[Fe]. The minimum absolute atomic E-state index is 0. The van der Waals surface area contributed by atoms with E-state index in [1.54, 1.807) is 0 Å². The summed E-state index contributed by atoms with van der Waals surface area (Å²) in [5.41, 5.74) is 0. The van der Waals surface area contributed by atoms with Crippen molar-refractivity contribution in [2.75, 3.05) is 0 Å². The summed E-state index contributed by atoms with van der Waals surface area (Å²) in [6.45, 7) is 0. The van der Waals surface area contributed by atoms with Crippen LogP contribution < -0.4 is 10.2 Å². The van der Waals surface area contributed by atoms with Crippen molar-refractivity contribution in [1.29, 1.82) is 0 Å². The molecule has 0 radical (unpaired) electrons. The Balaban J connectivity index is -0.0000000150. The van der Waals surface area contributed by atoms with E-state index in [9.17, 15) is 0 Å². The third-order valence-electron chi connectivity index (χ3n) is 0. The first-order valence-electron chi connectivity index (χ1n) is 0.632. The molecule has 4 nitrogen and oxygen atoms in total. The molecule has 4 N–H and O–H groups in total. The zero-order chi connectivity index (χ0) is 3.58. The Morgan fingerprint density at radius 2 is 1.57 bits per heavy atom. The summed E-state index contributed by atoms with van der Waals surface area (Å²) in [5, 5.41) is 0. The second-order valence-electron chi connectivity index (χ2n) is 0.266. The van der Waals surface area contributed by atoms with Crippen molar-refractivity contribution in [2.45, 2.75) is 7.43 Å². The number of hydrogen-bond donors (Lipinski definition) is 2. The van der Waals surface area contributed by atoms with Crippen molar-refractivity contribution < 1.29 is 29.0 Å². The van der Waals surface area contributed by atoms with E-state index in [1.807, 2.05) is 0 Å². The first-order valence-corrected chi connectivity index (χ1v) is 3.28. The van der Waals surface area contributed by atoms with E-state index in [2.05, 4.69) is 0 Å². The summed E-state index contributed by atoms with van der Waals surface area (Å²) in [6.07, 6.45) is 0. The molecule has 0 aliphatic rings. The van der Waals surface area contributed by atoms with Crippen molar-refractivity contribution in [1.82, 2.24) is 6.15 Å². The maximum Gasteiger partial charge on any atom is 0 e. The van der Waals surface area contributed by atoms with Crippen LogP contribution in [0.2, 0.25) is 0 Å². The number of rotatable bonds is 0. The topological polar surface area (TPSA) is 95.4 Å². The Morgan fingerprint density at radius 1 is 1.57 bits per heavy atom. The predicted octanol–water partition coefficient (Wildman–Crippen LogP) is -1.72. The third-order valence-corrected chi connectivity index (χ3v) is 0. The maximum absolute atomic E-state index is 8.69. The minimum atomic E-state index is -3.83. The van der Waals surface area contributed by atoms with Gasteiger partial charge in [0.15, 0.2) is 0 Å². The summed E-state index contributed by atoms with van der Waals surface area (Å²) in [7, 11) is 0. The van der Waals surface area contributed by atoms with E-state index in [1.165, 1.54) is 0 Å². The fourth-order valence-electron chi connectivity index (χ4n) is 0. The molecule has 0 spiro atoms. The van der Waals surface area contributed by atoms with Crippen molar-refractivity contribution in [3.05, 3.63) is 0 Å². The first-order chi connectivity index (χ1) is 1.73. The van der Waals surface area contributed by atoms with Gasteiger partial charge in [0.05, 0.1) is 0 Å². The van der Waals surface area contributed by atoms with Crippen LogP contribution in [-0.2, 0) is 20.8 Å². The molecule has 1 atom stereocenters. The van der Waals surface area contributed by atoms with Crippen molar-refractivity contribution in [3.8, 4) is 0 Å². The molecule has 0 aromatic heterocycles. The van der Waals surface area contributed by atoms with Crippen molar-refractivity contribution >= 4 is 15.3 Å². The molecule has 0 aliphatic carbocycles. The molecule has 0 aromatic rings. The van der Waals surface area contributed by atoms with Gasteiger partial charge >= 0.3 is 27.2 Å². The van der Waals surface area contributed by atoms with E-state index < -0.39 is 15.3 Å². The molecule has 0 fully saturated rings. The molecule has 0 saturated heterocycles. The summed E-state index contributed by atoms with van der Waals surface area (Å²) in [5.74, 6) is 0. The fourth-order valence-corrected chi connectivity index (χ4v) is 0. The second-order valence-corrected chi connectivity index (χ2v) is 1.38. The van der Waals surface area contributed by atoms with Gasteiger partial charge in [0.2, 0.25) is 0 Å². The van der Waals surface area contributed by atoms with E-state index in [0.717, 1.165) is 0 Å². The first kappa shape index (κ1) is 25.1. The maximum atomic E-state index is 8.69. The van der Waals surface area contributed by atoms with Crippen LogP contribution in [0.5, 0.6) is 0 Å². The Labute approximate surface area is 58.2 Å². The Kier molecular flexibility index (Phi) is 56.9. The van der Waals surface area contributed by atoms with Crippen LogP contribution in [0.1, 0.15) is 7.43 Å². The van der Waals surface area contributed by atoms with Gasteiger partial charge in [-0.05, 0) is 0 Å². The molecular weight excluding hydrogens is 205 g/mol. The van der Waals surface area contributed by atoms with Crippen molar-refractivity contribution in [2.24, 2.45) is 0 Å². The Hall–Kier alpha value is 0.758. The third kappa shape index (κ3) is 266. The van der Waals surface area contributed by atoms with Gasteiger partial charge in [-0.25, -0.2) is 0 Å². The van der Waals surface area contributed by atoms with Crippen LogP contribution in [0.15, 0.2) is 0 Å². The van der Waals surface area contributed by atoms with Gasteiger partial charge in [-0.15, -0.1) is 0 Å². The average Bonchev–Trinajstić information content (AvgIpc) is 0.811. The van der Waals surface area contributed by atoms with Crippen molar-refractivity contribution in [3.63, 3.8) is 0 Å². The standard InChI is InChI=1S/CH4.AsH3O3.Fe.H3N/c;2-1(3)4;;/h1H4;1H,(H2,2,3,4);;1H3/p-1. The molecule has 6 heteroatoms. The summed E-state index contributed by atoms with van der Waals surface area (Å²) in [6, 6.07) is 0. The molecule has 0 heterocycles. The molecule has 0 amide bonds. The Bertz CT molecular complexity index is 37.9. The zero-order valence-corrected chi connectivity index (χ0v) is 6.03. The number of hydrogen-bond acceptors (Lipinski definition) is 3. The van der Waals surface area contributed by atoms with Gasteiger partial charge in [-0.1, -0.05) is 7.43 Å². The smallest absolute Gasteiger partial charge is 0 e. The zero-order valence-electron chi connectivity index (χ0n) is 2.82. The van der Waals surface area contributed by atoms with Gasteiger partial charge < -0.3 is 6.15 Å².